The molecule has 1 amide bonds. The van der Waals surface area contributed by atoms with Crippen molar-refractivity contribution in [3.63, 3.8) is 0 Å². The molecule has 0 saturated heterocycles. The third-order valence-electron chi connectivity index (χ3n) is 3.25. The molecule has 0 unspecified atom stereocenters. The molecule has 2 rings (SSSR count). The van der Waals surface area contributed by atoms with Crippen LogP contribution in [0.1, 0.15) is 57.8 Å². The highest BCUT2D eigenvalue weighted by molar-refractivity contribution is 5.90. The van der Waals surface area contributed by atoms with Crippen LogP contribution in [0.2, 0.25) is 0 Å². The number of amides is 1. The monoisotopic (exact) mass is 328 g/mol. The number of benzene rings is 1. The highest BCUT2D eigenvalue weighted by atomic mass is 16.5. The second-order valence-electron chi connectivity index (χ2n) is 7.82. The number of nitrogens with zero attached hydrogens (tertiary/aromatic N) is 3. The molecular weight excluding hydrogens is 304 g/mol. The van der Waals surface area contributed by atoms with Gasteiger partial charge < -0.3 is 4.52 Å². The molecule has 0 spiro atoms. The van der Waals surface area contributed by atoms with Gasteiger partial charge in [0.15, 0.2) is 0 Å². The Kier molecular flexibility index (Phi) is 4.87. The first-order valence-electron chi connectivity index (χ1n) is 7.85. The lowest BCUT2D eigenvalue weighted by Gasteiger charge is -2.18. The fourth-order valence-corrected chi connectivity index (χ4v) is 1.88. The van der Waals surface area contributed by atoms with E-state index in [-0.39, 0.29) is 16.7 Å². The predicted octanol–water partition coefficient (Wildman–Crippen LogP) is 3.80. The van der Waals surface area contributed by atoms with Gasteiger partial charge in [0.1, 0.15) is 0 Å². The summed E-state index contributed by atoms with van der Waals surface area (Å²) < 4.78 is 5.01. The van der Waals surface area contributed by atoms with Crippen LogP contribution in [0, 0.1) is 5.41 Å². The van der Waals surface area contributed by atoms with Crippen LogP contribution >= 0.6 is 0 Å². The predicted molar refractivity (Wildman–Crippen MR) is 93.8 cm³/mol. The maximum atomic E-state index is 11.9. The van der Waals surface area contributed by atoms with Gasteiger partial charge in [0.05, 0.1) is 0 Å². The molecule has 6 heteroatoms. The topological polar surface area (TPSA) is 80.4 Å². The minimum absolute atomic E-state index is 0.0753. The molecule has 0 aliphatic rings. The molecule has 1 N–H and O–H groups in total. The quantitative estimate of drug-likeness (QED) is 0.686. The molecule has 1 heterocycles. The minimum atomic E-state index is -0.527. The smallest absolute Gasteiger partial charge is 0.328 e. The third kappa shape index (κ3) is 4.75. The lowest BCUT2D eigenvalue weighted by atomic mass is 9.87. The summed E-state index contributed by atoms with van der Waals surface area (Å²) in [5, 5.41) is 7.74. The summed E-state index contributed by atoms with van der Waals surface area (Å²) in [6.07, 6.45) is 1.65. The van der Waals surface area contributed by atoms with E-state index in [2.05, 4.69) is 41.4 Å². The Labute approximate surface area is 142 Å². The van der Waals surface area contributed by atoms with E-state index in [1.54, 1.807) is 6.21 Å². The Hall–Kier alpha value is -2.50. The zero-order valence-electron chi connectivity index (χ0n) is 15.0. The number of hydrogen-bond acceptors (Lipinski definition) is 5. The molecular formula is C18H24N4O2. The fraction of sp³-hybridized carbons (Fsp3) is 0.444. The number of carbonyl (C=O) groups is 1. The van der Waals surface area contributed by atoms with Gasteiger partial charge in [0, 0.05) is 11.8 Å². The van der Waals surface area contributed by atoms with Crippen molar-refractivity contribution in [2.24, 2.45) is 10.5 Å². The molecule has 0 aliphatic carbocycles. The number of hydrogen-bond donors (Lipinski definition) is 1. The van der Waals surface area contributed by atoms with Gasteiger partial charge >= 0.3 is 11.8 Å². The Morgan fingerprint density at radius 3 is 2.29 bits per heavy atom. The zero-order chi connectivity index (χ0) is 18.0. The van der Waals surface area contributed by atoms with Gasteiger partial charge in [-0.3, -0.25) is 4.79 Å². The van der Waals surface area contributed by atoms with Crippen molar-refractivity contribution in [3.05, 3.63) is 35.7 Å². The van der Waals surface area contributed by atoms with E-state index in [1.807, 2.05) is 45.0 Å². The van der Waals surface area contributed by atoms with Crippen LogP contribution in [0.15, 0.2) is 33.9 Å². The molecule has 1 aromatic carbocycles. The molecule has 24 heavy (non-hydrogen) atoms. The maximum absolute atomic E-state index is 11.9. The Morgan fingerprint density at radius 1 is 1.12 bits per heavy atom. The molecule has 0 saturated carbocycles. The van der Waals surface area contributed by atoms with E-state index in [4.69, 9.17) is 4.52 Å². The highest BCUT2D eigenvalue weighted by Crippen LogP contribution is 2.24. The van der Waals surface area contributed by atoms with Gasteiger partial charge in [0.25, 0.3) is 0 Å². The molecule has 0 aliphatic heterocycles. The lowest BCUT2D eigenvalue weighted by Crippen LogP contribution is -2.20. The summed E-state index contributed by atoms with van der Waals surface area (Å²) in [6, 6.07) is 7.90. The van der Waals surface area contributed by atoms with Crippen molar-refractivity contribution in [3.8, 4) is 11.4 Å². The Morgan fingerprint density at radius 2 is 1.75 bits per heavy atom. The highest BCUT2D eigenvalue weighted by Gasteiger charge is 2.17. The van der Waals surface area contributed by atoms with E-state index in [0.717, 1.165) is 5.56 Å². The molecule has 0 atom stereocenters. The number of hydrazone groups is 1. The normalized spacial score (nSPS) is 12.6. The number of rotatable bonds is 3. The molecule has 0 fully saturated rings. The van der Waals surface area contributed by atoms with E-state index in [1.165, 1.54) is 5.56 Å². The summed E-state index contributed by atoms with van der Waals surface area (Å²) in [5.74, 6) is -0.267. The van der Waals surface area contributed by atoms with Gasteiger partial charge in [-0.2, -0.15) is 10.1 Å². The van der Waals surface area contributed by atoms with Crippen LogP contribution in [-0.2, 0) is 5.41 Å². The molecule has 0 bridgehead atoms. The van der Waals surface area contributed by atoms with E-state index >= 15 is 0 Å². The van der Waals surface area contributed by atoms with Crippen LogP contribution in [0.25, 0.3) is 11.4 Å². The van der Waals surface area contributed by atoms with Crippen molar-refractivity contribution >= 4 is 12.1 Å². The first-order chi connectivity index (χ1) is 11.1. The van der Waals surface area contributed by atoms with E-state index in [0.29, 0.717) is 5.82 Å². The number of carbonyl (C=O) groups excluding carboxylic acids is 1. The van der Waals surface area contributed by atoms with Gasteiger partial charge in [0.2, 0.25) is 5.82 Å². The van der Waals surface area contributed by atoms with Crippen molar-refractivity contribution in [1.82, 2.24) is 15.6 Å². The lowest BCUT2D eigenvalue weighted by molar-refractivity contribution is 0.0911. The van der Waals surface area contributed by atoms with Crippen molar-refractivity contribution < 1.29 is 9.32 Å². The minimum Gasteiger partial charge on any atom is -0.328 e. The van der Waals surface area contributed by atoms with Gasteiger partial charge in [-0.25, -0.2) is 5.43 Å². The van der Waals surface area contributed by atoms with E-state index < -0.39 is 5.91 Å². The van der Waals surface area contributed by atoms with Crippen LogP contribution in [0.3, 0.4) is 0 Å². The van der Waals surface area contributed by atoms with Crippen molar-refractivity contribution in [2.75, 3.05) is 0 Å². The fourth-order valence-electron chi connectivity index (χ4n) is 1.88. The maximum Gasteiger partial charge on any atom is 0.329 e. The first kappa shape index (κ1) is 17.8. The second kappa shape index (κ2) is 6.55. The Bertz CT molecular complexity index is 732. The second-order valence-corrected chi connectivity index (χ2v) is 7.82. The van der Waals surface area contributed by atoms with Crippen LogP contribution < -0.4 is 5.43 Å². The van der Waals surface area contributed by atoms with Gasteiger partial charge in [-0.15, -0.1) is 0 Å². The standard InChI is InChI=1S/C18H24N4O2/c1-17(2,3)11-19-21-15(23)16-20-14(22-24-16)12-7-9-13(10-8-12)18(4,5)6/h7-11H,1-6H3,(H,21,23)/b19-11+. The van der Waals surface area contributed by atoms with Crippen molar-refractivity contribution in [1.29, 1.82) is 0 Å². The van der Waals surface area contributed by atoms with Crippen molar-refractivity contribution in [2.45, 2.75) is 47.0 Å². The van der Waals surface area contributed by atoms with Crippen LogP contribution in [0.4, 0.5) is 0 Å². The van der Waals surface area contributed by atoms with Crippen LogP contribution in [0.5, 0.6) is 0 Å². The molecule has 128 valence electrons. The average Bonchev–Trinajstić information content (AvgIpc) is 2.95. The summed E-state index contributed by atoms with van der Waals surface area (Å²) in [5.41, 5.74) is 4.34. The van der Waals surface area contributed by atoms with Crippen LogP contribution in [-0.4, -0.2) is 22.3 Å². The largest absolute Gasteiger partial charge is 0.329 e. The number of aromatic nitrogens is 2. The molecule has 0 radical (unpaired) electrons. The SMILES string of the molecule is CC(C)(C)/C=N/NC(=O)c1nc(-c2ccc(C(C)(C)C)cc2)no1. The first-order valence-corrected chi connectivity index (χ1v) is 7.85. The molecule has 2 aromatic rings. The van der Waals surface area contributed by atoms with Gasteiger partial charge in [-0.05, 0) is 16.4 Å². The zero-order valence-corrected chi connectivity index (χ0v) is 15.0. The van der Waals surface area contributed by atoms with E-state index in [9.17, 15) is 4.79 Å². The summed E-state index contributed by atoms with van der Waals surface area (Å²) in [7, 11) is 0. The summed E-state index contributed by atoms with van der Waals surface area (Å²) >= 11 is 0. The summed E-state index contributed by atoms with van der Waals surface area (Å²) in [4.78, 5) is 16.1. The summed E-state index contributed by atoms with van der Waals surface area (Å²) in [6.45, 7) is 12.4. The molecule has 6 nitrogen and oxygen atoms in total. The molecule has 1 aromatic heterocycles. The Balaban J connectivity index is 2.10. The average molecular weight is 328 g/mol. The third-order valence-corrected chi connectivity index (χ3v) is 3.25. The van der Waals surface area contributed by atoms with Gasteiger partial charge in [-0.1, -0.05) is 71.0 Å². The number of nitrogens with one attached hydrogen (secondary N) is 1.